The van der Waals surface area contributed by atoms with Crippen molar-refractivity contribution >= 4 is 56.1 Å². The van der Waals surface area contributed by atoms with Gasteiger partial charge in [0.05, 0.1) is 12.1 Å². The van der Waals surface area contributed by atoms with Gasteiger partial charge in [0.1, 0.15) is 11.0 Å². The third-order valence-electron chi connectivity index (χ3n) is 4.85. The number of carbonyl (C=O) groups excluding carboxylic acids is 2. The van der Waals surface area contributed by atoms with Crippen molar-refractivity contribution in [2.75, 3.05) is 13.1 Å². The number of nitrogens with zero attached hydrogens (tertiary/aromatic N) is 4. The van der Waals surface area contributed by atoms with Crippen LogP contribution in [-0.4, -0.2) is 94.1 Å². The molecule has 172 valence electrons. The molecule has 0 aromatic heterocycles. The summed E-state index contributed by atoms with van der Waals surface area (Å²) in [6.07, 6.45) is 2.24. The maximum atomic E-state index is 11.5. The first-order valence-corrected chi connectivity index (χ1v) is 12.2. The third kappa shape index (κ3) is 5.18. The van der Waals surface area contributed by atoms with E-state index in [1.54, 1.807) is 0 Å². The van der Waals surface area contributed by atoms with Crippen LogP contribution in [0.1, 0.15) is 25.7 Å². The minimum Gasteiger partial charge on any atom is -0.304 e. The predicted molar refractivity (Wildman–Crippen MR) is 98.5 cm³/mol. The Hall–Kier alpha value is -1.14. The largest absolute Gasteiger partial charge is 0.418 e. The van der Waals surface area contributed by atoms with Gasteiger partial charge in [-0.1, -0.05) is 23.2 Å². The molecule has 2 N–H and O–H groups in total. The van der Waals surface area contributed by atoms with Gasteiger partial charge in [-0.15, -0.1) is 8.57 Å². The van der Waals surface area contributed by atoms with Crippen LogP contribution in [0.25, 0.3) is 0 Å². The normalized spacial score (nSPS) is 31.2. The van der Waals surface area contributed by atoms with Crippen molar-refractivity contribution in [2.24, 2.45) is 0 Å². The highest BCUT2D eigenvalue weighted by molar-refractivity contribution is 7.81. The zero-order chi connectivity index (χ0) is 22.4. The van der Waals surface area contributed by atoms with Crippen molar-refractivity contribution in [3.05, 3.63) is 0 Å². The number of urea groups is 2. The maximum absolute atomic E-state index is 11.5. The molecule has 30 heavy (non-hydrogen) atoms. The van der Waals surface area contributed by atoms with E-state index in [-0.39, 0.29) is 12.1 Å². The average molecular weight is 513 g/mol. The lowest BCUT2D eigenvalue weighted by molar-refractivity contribution is -0.0317. The second-order valence-corrected chi connectivity index (χ2v) is 9.87. The average Bonchev–Trinajstić information content (AvgIpc) is 3.01. The Morgan fingerprint density at radius 2 is 1.07 bits per heavy atom. The number of rotatable bonds is 4. The highest BCUT2D eigenvalue weighted by Gasteiger charge is 2.47. The monoisotopic (exact) mass is 512 g/mol. The lowest BCUT2D eigenvalue weighted by Gasteiger charge is -2.25. The van der Waals surface area contributed by atoms with E-state index in [1.165, 1.54) is 9.80 Å². The van der Waals surface area contributed by atoms with Crippen LogP contribution in [0.4, 0.5) is 9.59 Å². The molecule has 18 heteroatoms. The van der Waals surface area contributed by atoms with Gasteiger partial charge in [-0.2, -0.15) is 27.0 Å². The molecule has 4 rings (SSSR count). The van der Waals surface area contributed by atoms with Crippen LogP contribution in [0.5, 0.6) is 0 Å². The second-order valence-electron chi connectivity index (χ2n) is 6.86. The van der Waals surface area contributed by atoms with E-state index < -0.39 is 43.9 Å². The Morgan fingerprint density at radius 3 is 1.33 bits per heavy atom. The Labute approximate surface area is 182 Å². The van der Waals surface area contributed by atoms with E-state index in [0.717, 1.165) is 0 Å². The van der Waals surface area contributed by atoms with Crippen molar-refractivity contribution in [2.45, 2.75) is 48.8 Å². The lowest BCUT2D eigenvalue weighted by atomic mass is 10.1. The van der Waals surface area contributed by atoms with E-state index in [9.17, 15) is 26.4 Å². The van der Waals surface area contributed by atoms with Crippen LogP contribution in [0, 0.1) is 0 Å². The Balaban J connectivity index is 0.000000171. The molecule has 4 heterocycles. The Kier molecular flexibility index (Phi) is 6.60. The summed E-state index contributed by atoms with van der Waals surface area (Å²) in [7, 11) is -9.32. The lowest BCUT2D eigenvalue weighted by Crippen LogP contribution is -2.36. The van der Waals surface area contributed by atoms with Crippen molar-refractivity contribution in [3.8, 4) is 0 Å². The van der Waals surface area contributed by atoms with E-state index in [0.29, 0.717) is 48.9 Å². The molecule has 0 radical (unpaired) electrons. The summed E-state index contributed by atoms with van der Waals surface area (Å²) in [6, 6.07) is -1.99. The summed E-state index contributed by atoms with van der Waals surface area (Å²) in [5, 5.41) is 1.33. The van der Waals surface area contributed by atoms with E-state index in [4.69, 9.17) is 32.3 Å². The number of halogens is 2. The smallest absolute Gasteiger partial charge is 0.304 e. The van der Waals surface area contributed by atoms with Gasteiger partial charge in [-0.25, -0.2) is 9.59 Å². The Bertz CT molecular complexity index is 844. The first-order valence-electron chi connectivity index (χ1n) is 8.58. The van der Waals surface area contributed by atoms with Crippen LogP contribution in [0.15, 0.2) is 0 Å². The maximum Gasteiger partial charge on any atom is 0.418 e. The number of piperidine rings is 2. The highest BCUT2D eigenvalue weighted by atomic mass is 35.5. The van der Waals surface area contributed by atoms with E-state index >= 15 is 0 Å². The second kappa shape index (κ2) is 8.42. The molecular formula is C12H18Cl2N4O10S2. The number of amides is 4. The molecule has 4 aliphatic heterocycles. The fraction of sp³-hybridized carbons (Fsp3) is 0.833. The van der Waals surface area contributed by atoms with Gasteiger partial charge < -0.3 is 9.80 Å². The SMILES string of the molecule is O=C1N2C[C@@H](CC[C@H]2Cl)N1OS(=O)(=O)O.O=C1N2C[C@@H](CC[C@H]2Cl)N1OS(=O)(=O)O. The summed E-state index contributed by atoms with van der Waals surface area (Å²) in [4.78, 5) is 25.7. The molecule has 0 saturated carbocycles. The number of fused-ring (bicyclic) bond motifs is 4. The number of hydroxylamine groups is 4. The van der Waals surface area contributed by atoms with Crippen LogP contribution in [-0.2, 0) is 29.4 Å². The van der Waals surface area contributed by atoms with Gasteiger partial charge in [0.25, 0.3) is 0 Å². The summed E-state index contributed by atoms with van der Waals surface area (Å²) < 4.78 is 67.3. The highest BCUT2D eigenvalue weighted by Crippen LogP contribution is 2.33. The number of hydrogen-bond acceptors (Lipinski definition) is 8. The zero-order valence-corrected chi connectivity index (χ0v) is 18.2. The number of alkyl halides is 2. The predicted octanol–water partition coefficient (Wildman–Crippen LogP) is 0.371. The molecule has 0 aliphatic carbocycles. The third-order valence-corrected chi connectivity index (χ3v) is 6.45. The van der Waals surface area contributed by atoms with Gasteiger partial charge >= 0.3 is 32.9 Å². The van der Waals surface area contributed by atoms with E-state index in [1.807, 2.05) is 0 Å². The topological polar surface area (TPSA) is 174 Å². The van der Waals surface area contributed by atoms with Gasteiger partial charge in [0.15, 0.2) is 0 Å². The molecule has 0 aromatic rings. The minimum absolute atomic E-state index is 0.322. The minimum atomic E-state index is -4.66. The number of carbonyl (C=O) groups is 2. The standard InChI is InChI=1S/2C6H9ClN2O5S/c2*7-5-2-1-4-3-8(5)6(10)9(4)14-15(11,12)13/h2*4-5H,1-3H2,(H,11,12,13)/t2*4-,5+/m11/s1. The summed E-state index contributed by atoms with van der Waals surface area (Å²) in [5.74, 6) is 0. The van der Waals surface area contributed by atoms with Crippen molar-refractivity contribution in [1.82, 2.24) is 19.9 Å². The van der Waals surface area contributed by atoms with Gasteiger partial charge in [0.2, 0.25) is 0 Å². The molecule has 0 spiro atoms. The van der Waals surface area contributed by atoms with E-state index in [2.05, 4.69) is 8.57 Å². The van der Waals surface area contributed by atoms with Crippen LogP contribution in [0.3, 0.4) is 0 Å². The van der Waals surface area contributed by atoms with Gasteiger partial charge in [-0.3, -0.25) is 9.11 Å². The molecule has 0 unspecified atom stereocenters. The zero-order valence-electron chi connectivity index (χ0n) is 15.1. The Morgan fingerprint density at radius 1 is 0.733 bits per heavy atom. The number of hydrogen-bond donors (Lipinski definition) is 2. The molecule has 0 aromatic carbocycles. The summed E-state index contributed by atoms with van der Waals surface area (Å²) in [5.41, 5.74) is -0.882. The molecule has 4 amide bonds. The molecule has 14 nitrogen and oxygen atoms in total. The molecule has 4 saturated heterocycles. The van der Waals surface area contributed by atoms with Crippen molar-refractivity contribution < 1.29 is 44.1 Å². The first kappa shape index (κ1) is 23.5. The van der Waals surface area contributed by atoms with Crippen LogP contribution < -0.4 is 0 Å². The fourth-order valence-electron chi connectivity index (χ4n) is 3.57. The van der Waals surface area contributed by atoms with Gasteiger partial charge in [0, 0.05) is 13.1 Å². The molecule has 4 atom stereocenters. The molecule has 4 aliphatic rings. The van der Waals surface area contributed by atoms with Crippen molar-refractivity contribution in [3.63, 3.8) is 0 Å². The quantitative estimate of drug-likeness (QED) is 0.304. The molecular weight excluding hydrogens is 495 g/mol. The van der Waals surface area contributed by atoms with Gasteiger partial charge in [-0.05, 0) is 25.7 Å². The van der Waals surface area contributed by atoms with Crippen LogP contribution >= 0.6 is 23.2 Å². The summed E-state index contributed by atoms with van der Waals surface area (Å²) in [6.45, 7) is 0.644. The molecule has 4 fully saturated rings. The fourth-order valence-corrected chi connectivity index (χ4v) is 4.92. The summed E-state index contributed by atoms with van der Waals surface area (Å²) >= 11 is 11.7. The molecule has 4 bridgehead atoms. The first-order chi connectivity index (χ1) is 13.8. The van der Waals surface area contributed by atoms with Crippen molar-refractivity contribution in [1.29, 1.82) is 0 Å². The van der Waals surface area contributed by atoms with Crippen LogP contribution in [0.2, 0.25) is 0 Å².